The van der Waals surface area contributed by atoms with E-state index in [0.29, 0.717) is 35.6 Å². The van der Waals surface area contributed by atoms with Gasteiger partial charge in [-0.3, -0.25) is 0 Å². The van der Waals surface area contributed by atoms with E-state index in [1.54, 1.807) is 0 Å². The molecule has 0 radical (unpaired) electrons. The maximum atomic E-state index is 6.33. The Morgan fingerprint density at radius 3 is 2.03 bits per heavy atom. The summed E-state index contributed by atoms with van der Waals surface area (Å²) < 4.78 is 12.0. The van der Waals surface area contributed by atoms with Gasteiger partial charge in [0.25, 0.3) is 0 Å². The first-order valence-corrected chi connectivity index (χ1v) is 10.2. The van der Waals surface area contributed by atoms with Crippen LogP contribution in [0.3, 0.4) is 0 Å². The van der Waals surface area contributed by atoms with Crippen molar-refractivity contribution in [3.05, 3.63) is 113 Å². The van der Waals surface area contributed by atoms with Crippen LogP contribution in [0.15, 0.2) is 91.0 Å². The molecule has 4 aromatic rings. The fraction of sp³-hybridized carbons (Fsp3) is 0.0741. The molecule has 0 N–H and O–H groups in total. The Morgan fingerprint density at radius 2 is 1.42 bits per heavy atom. The van der Waals surface area contributed by atoms with E-state index in [1.165, 1.54) is 0 Å². The van der Waals surface area contributed by atoms with Crippen LogP contribution in [0.4, 0.5) is 0 Å². The molecule has 0 unspecified atom stereocenters. The van der Waals surface area contributed by atoms with Crippen molar-refractivity contribution in [2.45, 2.75) is 13.2 Å². The summed E-state index contributed by atoms with van der Waals surface area (Å²) in [5.41, 5.74) is 4.44. The lowest BCUT2D eigenvalue weighted by atomic mass is 10.0. The molecule has 3 aromatic carbocycles. The van der Waals surface area contributed by atoms with E-state index in [2.05, 4.69) is 10.9 Å². The van der Waals surface area contributed by atoms with Gasteiger partial charge in [-0.1, -0.05) is 84.3 Å². The molecule has 4 heteroatoms. The third kappa shape index (κ3) is 5.25. The van der Waals surface area contributed by atoms with Crippen LogP contribution in [0, 0.1) is 12.3 Å². The highest BCUT2D eigenvalue weighted by Gasteiger charge is 2.13. The van der Waals surface area contributed by atoms with Crippen LogP contribution in [0.25, 0.3) is 11.1 Å². The molecule has 3 nitrogen and oxygen atoms in total. The van der Waals surface area contributed by atoms with E-state index in [9.17, 15) is 0 Å². The summed E-state index contributed by atoms with van der Waals surface area (Å²) in [6.45, 7) is 0.813. The van der Waals surface area contributed by atoms with Gasteiger partial charge in [0.1, 0.15) is 13.2 Å². The summed E-state index contributed by atoms with van der Waals surface area (Å²) in [4.78, 5) is 4.62. The van der Waals surface area contributed by atoms with Gasteiger partial charge in [0, 0.05) is 17.2 Å². The highest BCUT2D eigenvalue weighted by molar-refractivity contribution is 6.32. The van der Waals surface area contributed by atoms with Crippen molar-refractivity contribution in [2.24, 2.45) is 0 Å². The number of hydrogen-bond donors (Lipinski definition) is 0. The first kappa shape index (κ1) is 20.5. The molecule has 1 aromatic heterocycles. The molecule has 0 fully saturated rings. The molecule has 152 valence electrons. The number of rotatable bonds is 7. The maximum Gasteiger partial charge on any atom is 0.225 e. The van der Waals surface area contributed by atoms with Crippen LogP contribution in [-0.4, -0.2) is 4.98 Å². The van der Waals surface area contributed by atoms with E-state index in [-0.39, 0.29) is 0 Å². The molecular formula is C27H20ClNO2. The average Bonchev–Trinajstić information content (AvgIpc) is 2.83. The number of hydrogen-bond acceptors (Lipinski definition) is 3. The standard InChI is InChI=1S/C27H20ClNO2/c1-2-22-13-14-23(17-25(22)28)24-15-16-26(30-18-20-9-5-3-6-10-20)29-27(24)31-19-21-11-7-4-8-12-21/h1,3-17H,18-19H2. The highest BCUT2D eigenvalue weighted by atomic mass is 35.5. The van der Waals surface area contributed by atoms with E-state index in [4.69, 9.17) is 27.5 Å². The average molecular weight is 426 g/mol. The minimum atomic E-state index is 0.388. The fourth-order valence-electron chi connectivity index (χ4n) is 3.09. The second-order valence-corrected chi connectivity index (χ2v) is 7.30. The summed E-state index contributed by atoms with van der Waals surface area (Å²) in [7, 11) is 0. The van der Waals surface area contributed by atoms with Gasteiger partial charge in [0.2, 0.25) is 11.8 Å². The largest absolute Gasteiger partial charge is 0.473 e. The van der Waals surface area contributed by atoms with Gasteiger partial charge in [-0.05, 0) is 34.9 Å². The van der Waals surface area contributed by atoms with Crippen LogP contribution in [0.2, 0.25) is 5.02 Å². The number of pyridine rings is 1. The monoisotopic (exact) mass is 425 g/mol. The van der Waals surface area contributed by atoms with E-state index in [0.717, 1.165) is 22.3 Å². The summed E-state index contributed by atoms with van der Waals surface area (Å²) in [6.07, 6.45) is 5.49. The van der Waals surface area contributed by atoms with Crippen molar-refractivity contribution < 1.29 is 9.47 Å². The summed E-state index contributed by atoms with van der Waals surface area (Å²) in [5, 5.41) is 0.512. The minimum Gasteiger partial charge on any atom is -0.473 e. The fourth-order valence-corrected chi connectivity index (χ4v) is 3.33. The Bertz CT molecular complexity index is 1200. The number of ether oxygens (including phenoxy) is 2. The number of aromatic nitrogens is 1. The minimum absolute atomic E-state index is 0.388. The van der Waals surface area contributed by atoms with Crippen molar-refractivity contribution in [2.75, 3.05) is 0 Å². The van der Waals surface area contributed by atoms with Gasteiger partial charge in [0.15, 0.2) is 0 Å². The van der Waals surface area contributed by atoms with Crippen LogP contribution < -0.4 is 9.47 Å². The Morgan fingerprint density at radius 1 is 0.774 bits per heavy atom. The summed E-state index contributed by atoms with van der Waals surface area (Å²) in [5.74, 6) is 3.54. The summed E-state index contributed by atoms with van der Waals surface area (Å²) >= 11 is 6.33. The van der Waals surface area contributed by atoms with E-state index in [1.807, 2.05) is 91.0 Å². The molecule has 0 spiro atoms. The van der Waals surface area contributed by atoms with Gasteiger partial charge in [-0.15, -0.1) is 6.42 Å². The quantitative estimate of drug-likeness (QED) is 0.315. The molecule has 1 heterocycles. The predicted molar refractivity (Wildman–Crippen MR) is 124 cm³/mol. The molecule has 0 amide bonds. The lowest BCUT2D eigenvalue weighted by molar-refractivity contribution is 0.268. The topological polar surface area (TPSA) is 31.4 Å². The Labute approximate surface area is 187 Å². The zero-order chi connectivity index (χ0) is 21.5. The van der Waals surface area contributed by atoms with Crippen molar-refractivity contribution in [1.82, 2.24) is 4.98 Å². The van der Waals surface area contributed by atoms with E-state index < -0.39 is 0 Å². The van der Waals surface area contributed by atoms with Crippen LogP contribution in [0.5, 0.6) is 11.8 Å². The van der Waals surface area contributed by atoms with Crippen molar-refractivity contribution in [3.63, 3.8) is 0 Å². The molecule has 0 atom stereocenters. The SMILES string of the molecule is C#Cc1ccc(-c2ccc(OCc3ccccc3)nc2OCc2ccccc2)cc1Cl. The molecule has 0 saturated heterocycles. The normalized spacial score (nSPS) is 10.3. The zero-order valence-electron chi connectivity index (χ0n) is 16.8. The molecule has 0 aliphatic rings. The van der Waals surface area contributed by atoms with E-state index >= 15 is 0 Å². The van der Waals surface area contributed by atoms with Gasteiger partial charge in [0.05, 0.1) is 5.02 Å². The molecule has 31 heavy (non-hydrogen) atoms. The third-order valence-corrected chi connectivity index (χ3v) is 5.03. The number of nitrogens with zero attached hydrogens (tertiary/aromatic N) is 1. The third-order valence-electron chi connectivity index (χ3n) is 4.72. The lowest BCUT2D eigenvalue weighted by Crippen LogP contribution is -2.02. The first-order chi connectivity index (χ1) is 15.2. The molecular weight excluding hydrogens is 406 g/mol. The second kappa shape index (κ2) is 9.84. The second-order valence-electron chi connectivity index (χ2n) is 6.89. The Balaban J connectivity index is 1.62. The molecule has 4 rings (SSSR count). The predicted octanol–water partition coefficient (Wildman–Crippen LogP) is 6.54. The number of benzene rings is 3. The van der Waals surface area contributed by atoms with Gasteiger partial charge >= 0.3 is 0 Å². The number of terminal acetylenes is 1. The van der Waals surface area contributed by atoms with Crippen LogP contribution in [-0.2, 0) is 13.2 Å². The van der Waals surface area contributed by atoms with Crippen molar-refractivity contribution in [3.8, 4) is 35.2 Å². The summed E-state index contributed by atoms with van der Waals surface area (Å²) in [6, 6.07) is 29.2. The maximum absolute atomic E-state index is 6.33. The Kier molecular flexibility index (Phi) is 6.52. The van der Waals surface area contributed by atoms with Crippen LogP contribution in [0.1, 0.15) is 16.7 Å². The van der Waals surface area contributed by atoms with Crippen LogP contribution >= 0.6 is 11.6 Å². The molecule has 0 saturated carbocycles. The van der Waals surface area contributed by atoms with Crippen molar-refractivity contribution >= 4 is 11.6 Å². The van der Waals surface area contributed by atoms with Gasteiger partial charge < -0.3 is 9.47 Å². The van der Waals surface area contributed by atoms with Gasteiger partial charge in [-0.2, -0.15) is 4.98 Å². The van der Waals surface area contributed by atoms with Gasteiger partial charge in [-0.25, -0.2) is 0 Å². The molecule has 0 bridgehead atoms. The zero-order valence-corrected chi connectivity index (χ0v) is 17.5. The molecule has 0 aliphatic carbocycles. The lowest BCUT2D eigenvalue weighted by Gasteiger charge is -2.14. The smallest absolute Gasteiger partial charge is 0.225 e. The Hall–Kier alpha value is -3.74. The molecule has 0 aliphatic heterocycles. The van der Waals surface area contributed by atoms with Crippen molar-refractivity contribution in [1.29, 1.82) is 0 Å². The number of halogens is 1. The highest BCUT2D eigenvalue weighted by Crippen LogP contribution is 2.33. The first-order valence-electron chi connectivity index (χ1n) is 9.84.